The Hall–Kier alpha value is -1.50. The molecule has 1 aliphatic heterocycles. The fraction of sp³-hybridized carbons (Fsp3) is 0.250. The van der Waals surface area contributed by atoms with Crippen molar-refractivity contribution >= 4 is 41.5 Å². The van der Waals surface area contributed by atoms with Crippen molar-refractivity contribution in [1.29, 1.82) is 0 Å². The highest BCUT2D eigenvalue weighted by atomic mass is 35.5. The number of benzene rings is 2. The topological polar surface area (TPSA) is 132 Å². The molecule has 1 unspecified atom stereocenters. The van der Waals surface area contributed by atoms with Crippen LogP contribution in [0.25, 0.3) is 0 Å². The van der Waals surface area contributed by atoms with E-state index in [9.17, 15) is 25.3 Å². The van der Waals surface area contributed by atoms with E-state index in [4.69, 9.17) is 16.7 Å². The van der Waals surface area contributed by atoms with E-state index in [1.165, 1.54) is 24.3 Å². The minimum atomic E-state index is -3.97. The maximum Gasteiger partial charge on any atom is 0.243 e. The number of sulfone groups is 1. The molecule has 0 saturated carbocycles. The Morgan fingerprint density at radius 3 is 1.86 bits per heavy atom. The number of hydrogen-bond donors (Lipinski definition) is 1. The standard InChI is InChI=1S/C16H17ClN2O6S3/c17-12-1-3-13(4-2-12)26(20,21)16-9-10-19(11-16)28(24,25)15-7-5-14(6-8-15)27(18,22)23/h1-8,16H,9-11H2,(H2,18,22,23). The molecule has 0 spiro atoms. The Morgan fingerprint density at radius 1 is 0.821 bits per heavy atom. The second kappa shape index (κ2) is 7.39. The summed E-state index contributed by atoms with van der Waals surface area (Å²) in [6.45, 7) is -0.152. The second-order valence-corrected chi connectivity index (χ2v) is 12.5. The zero-order valence-electron chi connectivity index (χ0n) is 14.4. The summed E-state index contributed by atoms with van der Waals surface area (Å²) in [5.74, 6) is 0. The molecule has 0 aliphatic carbocycles. The van der Waals surface area contributed by atoms with Crippen LogP contribution in [-0.2, 0) is 29.9 Å². The maximum absolute atomic E-state index is 12.8. The third-order valence-electron chi connectivity index (χ3n) is 4.48. The number of halogens is 1. The predicted octanol–water partition coefficient (Wildman–Crippen LogP) is 1.22. The summed E-state index contributed by atoms with van der Waals surface area (Å²) in [4.78, 5) is -0.265. The SMILES string of the molecule is NS(=O)(=O)c1ccc(S(=O)(=O)N2CCC(S(=O)(=O)c3ccc(Cl)cc3)C2)cc1. The van der Waals surface area contributed by atoms with Gasteiger partial charge in [-0.05, 0) is 55.0 Å². The zero-order valence-corrected chi connectivity index (χ0v) is 17.6. The van der Waals surface area contributed by atoms with Crippen LogP contribution in [0.5, 0.6) is 0 Å². The van der Waals surface area contributed by atoms with Crippen molar-refractivity contribution < 1.29 is 25.3 Å². The van der Waals surface area contributed by atoms with Crippen molar-refractivity contribution in [2.45, 2.75) is 26.4 Å². The van der Waals surface area contributed by atoms with Crippen LogP contribution < -0.4 is 5.14 Å². The number of sulfonamides is 2. The molecular formula is C16H17ClN2O6S3. The first-order chi connectivity index (χ1) is 12.9. The van der Waals surface area contributed by atoms with E-state index in [-0.39, 0.29) is 34.2 Å². The molecule has 8 nitrogen and oxygen atoms in total. The molecule has 0 bridgehead atoms. The molecule has 12 heteroatoms. The lowest BCUT2D eigenvalue weighted by Crippen LogP contribution is -2.32. The summed E-state index contributed by atoms with van der Waals surface area (Å²) in [5, 5.41) is 4.52. The number of rotatable bonds is 5. The smallest absolute Gasteiger partial charge is 0.225 e. The van der Waals surface area contributed by atoms with Gasteiger partial charge in [-0.2, -0.15) is 4.31 Å². The predicted molar refractivity (Wildman–Crippen MR) is 104 cm³/mol. The lowest BCUT2D eigenvalue weighted by Gasteiger charge is -2.17. The van der Waals surface area contributed by atoms with Gasteiger partial charge in [-0.1, -0.05) is 11.6 Å². The van der Waals surface area contributed by atoms with E-state index >= 15 is 0 Å². The third kappa shape index (κ3) is 4.09. The summed E-state index contributed by atoms with van der Waals surface area (Å²) in [7, 11) is -11.6. The first-order valence-corrected chi connectivity index (χ1v) is 13.0. The fourth-order valence-electron chi connectivity index (χ4n) is 2.94. The molecule has 1 aliphatic rings. The normalized spacial score (nSPS) is 19.0. The maximum atomic E-state index is 12.8. The van der Waals surface area contributed by atoms with Crippen LogP contribution in [-0.4, -0.2) is 47.9 Å². The monoisotopic (exact) mass is 464 g/mol. The van der Waals surface area contributed by atoms with Gasteiger partial charge in [0.15, 0.2) is 9.84 Å². The first kappa shape index (κ1) is 21.2. The van der Waals surface area contributed by atoms with Crippen molar-refractivity contribution in [3.05, 3.63) is 53.6 Å². The number of nitrogens with zero attached hydrogens (tertiary/aromatic N) is 1. The molecule has 2 aromatic carbocycles. The van der Waals surface area contributed by atoms with Crippen molar-refractivity contribution in [3.8, 4) is 0 Å². The summed E-state index contributed by atoms with van der Waals surface area (Å²) in [6, 6.07) is 10.2. The van der Waals surface area contributed by atoms with Gasteiger partial charge in [0.1, 0.15) is 0 Å². The zero-order chi connectivity index (χ0) is 20.7. The average molecular weight is 465 g/mol. The van der Waals surface area contributed by atoms with E-state index < -0.39 is 35.1 Å². The molecule has 152 valence electrons. The van der Waals surface area contributed by atoms with E-state index in [0.717, 1.165) is 28.6 Å². The Morgan fingerprint density at radius 2 is 1.32 bits per heavy atom. The van der Waals surface area contributed by atoms with Crippen LogP contribution in [0.2, 0.25) is 5.02 Å². The van der Waals surface area contributed by atoms with Crippen molar-refractivity contribution in [2.75, 3.05) is 13.1 Å². The molecule has 3 rings (SSSR count). The molecule has 1 fully saturated rings. The van der Waals surface area contributed by atoms with E-state index in [0.29, 0.717) is 5.02 Å². The van der Waals surface area contributed by atoms with Gasteiger partial charge >= 0.3 is 0 Å². The summed E-state index contributed by atoms with van der Waals surface area (Å²) >= 11 is 5.78. The van der Waals surface area contributed by atoms with Crippen molar-refractivity contribution in [2.24, 2.45) is 5.14 Å². The highest BCUT2D eigenvalue weighted by Gasteiger charge is 2.39. The highest BCUT2D eigenvalue weighted by Crippen LogP contribution is 2.29. The summed E-state index contributed by atoms with van der Waals surface area (Å²) in [6.07, 6.45) is 0.152. The van der Waals surface area contributed by atoms with Crippen molar-refractivity contribution in [1.82, 2.24) is 4.31 Å². The number of nitrogens with two attached hydrogens (primary N) is 1. The molecule has 0 amide bonds. The van der Waals surface area contributed by atoms with Gasteiger partial charge < -0.3 is 0 Å². The molecule has 2 N–H and O–H groups in total. The average Bonchev–Trinajstić information content (AvgIpc) is 3.13. The minimum Gasteiger partial charge on any atom is -0.225 e. The van der Waals surface area contributed by atoms with Crippen LogP contribution >= 0.6 is 11.6 Å². The van der Waals surface area contributed by atoms with Crippen LogP contribution in [0.1, 0.15) is 6.42 Å². The lowest BCUT2D eigenvalue weighted by molar-refractivity contribution is 0.476. The highest BCUT2D eigenvalue weighted by molar-refractivity contribution is 7.92. The Balaban J connectivity index is 1.83. The first-order valence-electron chi connectivity index (χ1n) is 8.05. The van der Waals surface area contributed by atoms with E-state index in [2.05, 4.69) is 0 Å². The number of hydrogen-bond acceptors (Lipinski definition) is 6. The molecule has 2 aromatic rings. The van der Waals surface area contributed by atoms with Gasteiger partial charge in [-0.25, -0.2) is 30.4 Å². The summed E-state index contributed by atoms with van der Waals surface area (Å²) < 4.78 is 74.8. The van der Waals surface area contributed by atoms with E-state index in [1.54, 1.807) is 0 Å². The van der Waals surface area contributed by atoms with E-state index in [1.807, 2.05) is 0 Å². The molecule has 1 saturated heterocycles. The van der Waals surface area contributed by atoms with Gasteiger partial charge in [0.2, 0.25) is 20.0 Å². The molecule has 0 aromatic heterocycles. The third-order valence-corrected chi connectivity index (χ3v) is 9.73. The molecule has 1 heterocycles. The van der Waals surface area contributed by atoms with Gasteiger partial charge in [-0.3, -0.25) is 0 Å². The van der Waals surface area contributed by atoms with Crippen LogP contribution in [0, 0.1) is 0 Å². The number of primary sulfonamides is 1. The molecular weight excluding hydrogens is 448 g/mol. The Bertz CT molecular complexity index is 1190. The van der Waals surface area contributed by atoms with Crippen molar-refractivity contribution in [3.63, 3.8) is 0 Å². The van der Waals surface area contributed by atoms with Crippen LogP contribution in [0.3, 0.4) is 0 Å². The minimum absolute atomic E-state index is 0.0385. The summed E-state index contributed by atoms with van der Waals surface area (Å²) in [5.41, 5.74) is 0. The lowest BCUT2D eigenvalue weighted by atomic mass is 10.4. The fourth-order valence-corrected chi connectivity index (χ4v) is 6.86. The Labute approximate surface area is 168 Å². The molecule has 1 atom stereocenters. The molecule has 0 radical (unpaired) electrons. The Kier molecular flexibility index (Phi) is 5.60. The quantitative estimate of drug-likeness (QED) is 0.707. The van der Waals surface area contributed by atoms with Crippen LogP contribution in [0.15, 0.2) is 63.2 Å². The van der Waals surface area contributed by atoms with Gasteiger partial charge in [-0.15, -0.1) is 0 Å². The van der Waals surface area contributed by atoms with Gasteiger partial charge in [0, 0.05) is 18.1 Å². The van der Waals surface area contributed by atoms with Gasteiger partial charge in [0.05, 0.1) is 19.9 Å². The van der Waals surface area contributed by atoms with Gasteiger partial charge in [0.25, 0.3) is 0 Å². The largest absolute Gasteiger partial charge is 0.243 e. The molecule has 28 heavy (non-hydrogen) atoms. The van der Waals surface area contributed by atoms with Crippen LogP contribution in [0.4, 0.5) is 0 Å². The second-order valence-electron chi connectivity index (χ2n) is 6.29.